The fourth-order valence-electron chi connectivity index (χ4n) is 9.72. The lowest BCUT2D eigenvalue weighted by Crippen LogP contribution is -2.30. The standard InChI is InChI=1S/C74H128O6/c1-4-7-10-13-16-18-20-22-24-26-28-30-32-33-34-35-36-37-38-39-40-41-43-44-46-48-50-52-54-56-58-61-64-67-73(76)79-70-71(69-78-72(75)66-63-60-15-12-9-6-3)80-74(77)68-65-62-59-57-55-53-51-49-47-45-42-31-29-27-25-23-21-19-17-14-11-8-5-2/h8,11,17,19,23,25-26,28-29,31,45,47,51,53,57,59,71H,4-7,9-10,12-16,18,20-22,24,27,30,32-44,46,48-50,52,54-56,58,60-70H2,1-3H3/b11-8-,19-17-,25-23-,28-26-,31-29-,47-45-,53-51-,59-57-. The SMILES string of the molecule is CC/C=C\C/C=C\C/C=C\C/C=C\C/C=C\C/C=C\C/C=C\CCCC(=O)OC(COC(=O)CCCCCCCC)COC(=O)CCCCCCCCCCCCCCCCCCCCCCC/C=C\CCCCCCCCCC. The van der Waals surface area contributed by atoms with Crippen molar-refractivity contribution in [3.63, 3.8) is 0 Å². The van der Waals surface area contributed by atoms with Gasteiger partial charge in [-0.15, -0.1) is 0 Å². The lowest BCUT2D eigenvalue weighted by molar-refractivity contribution is -0.167. The van der Waals surface area contributed by atoms with Gasteiger partial charge in [-0.2, -0.15) is 0 Å². The van der Waals surface area contributed by atoms with Crippen molar-refractivity contribution in [2.75, 3.05) is 13.2 Å². The summed E-state index contributed by atoms with van der Waals surface area (Å²) < 4.78 is 16.8. The zero-order valence-corrected chi connectivity index (χ0v) is 52.8. The Hall–Kier alpha value is -3.67. The van der Waals surface area contributed by atoms with Crippen LogP contribution in [0.4, 0.5) is 0 Å². The Balaban J connectivity index is 4.06. The van der Waals surface area contributed by atoms with Gasteiger partial charge in [-0.1, -0.05) is 317 Å². The van der Waals surface area contributed by atoms with Crippen molar-refractivity contribution in [1.29, 1.82) is 0 Å². The van der Waals surface area contributed by atoms with Crippen molar-refractivity contribution in [2.24, 2.45) is 0 Å². The van der Waals surface area contributed by atoms with Gasteiger partial charge in [-0.25, -0.2) is 0 Å². The minimum atomic E-state index is -0.805. The highest BCUT2D eigenvalue weighted by atomic mass is 16.6. The normalized spacial score (nSPS) is 12.7. The van der Waals surface area contributed by atoms with Crippen LogP contribution in [0, 0.1) is 0 Å². The Labute approximate surface area is 496 Å². The molecule has 0 aliphatic carbocycles. The minimum absolute atomic E-state index is 0.0982. The molecule has 6 nitrogen and oxygen atoms in total. The molecule has 0 aromatic carbocycles. The fraction of sp³-hybridized carbons (Fsp3) is 0.743. The van der Waals surface area contributed by atoms with E-state index in [0.29, 0.717) is 19.3 Å². The second kappa shape index (κ2) is 67.8. The van der Waals surface area contributed by atoms with Crippen LogP contribution in [0.25, 0.3) is 0 Å². The number of allylic oxidation sites excluding steroid dienone is 16. The summed E-state index contributed by atoms with van der Waals surface area (Å²) in [6, 6.07) is 0. The summed E-state index contributed by atoms with van der Waals surface area (Å²) in [7, 11) is 0. The summed E-state index contributed by atoms with van der Waals surface area (Å²) in [6.45, 7) is 6.45. The maximum Gasteiger partial charge on any atom is 0.306 e. The van der Waals surface area contributed by atoms with Gasteiger partial charge < -0.3 is 14.2 Å². The average Bonchev–Trinajstić information content (AvgIpc) is 3.46. The molecule has 0 spiro atoms. The molecule has 80 heavy (non-hydrogen) atoms. The van der Waals surface area contributed by atoms with E-state index in [1.165, 1.54) is 199 Å². The van der Waals surface area contributed by atoms with Crippen molar-refractivity contribution in [3.05, 3.63) is 97.2 Å². The predicted octanol–water partition coefficient (Wildman–Crippen LogP) is 23.6. The molecule has 0 fully saturated rings. The summed E-state index contributed by atoms with van der Waals surface area (Å²) in [4.78, 5) is 38.0. The first-order valence-electron chi connectivity index (χ1n) is 34.2. The average molecular weight is 1110 g/mol. The second-order valence-electron chi connectivity index (χ2n) is 22.7. The molecule has 0 aromatic heterocycles. The van der Waals surface area contributed by atoms with Gasteiger partial charge in [0.05, 0.1) is 0 Å². The second-order valence-corrected chi connectivity index (χ2v) is 22.7. The van der Waals surface area contributed by atoms with E-state index >= 15 is 0 Å². The molecule has 0 N–H and O–H groups in total. The third-order valence-corrected chi connectivity index (χ3v) is 14.8. The molecular formula is C74H128O6. The number of rotatable bonds is 62. The maximum absolute atomic E-state index is 12.8. The Morgan fingerprint density at radius 2 is 0.500 bits per heavy atom. The van der Waals surface area contributed by atoms with Crippen LogP contribution in [0.2, 0.25) is 0 Å². The highest BCUT2D eigenvalue weighted by Gasteiger charge is 2.19. The summed E-state index contributed by atoms with van der Waals surface area (Å²) in [5, 5.41) is 0. The van der Waals surface area contributed by atoms with E-state index in [9.17, 15) is 14.4 Å². The van der Waals surface area contributed by atoms with Crippen LogP contribution in [0.3, 0.4) is 0 Å². The van der Waals surface area contributed by atoms with E-state index in [-0.39, 0.29) is 37.5 Å². The van der Waals surface area contributed by atoms with Gasteiger partial charge in [-0.3, -0.25) is 14.4 Å². The van der Waals surface area contributed by atoms with Crippen LogP contribution in [0.15, 0.2) is 97.2 Å². The predicted molar refractivity (Wildman–Crippen MR) is 348 cm³/mol. The van der Waals surface area contributed by atoms with E-state index in [1.54, 1.807) is 0 Å². The number of hydrogen-bond donors (Lipinski definition) is 0. The van der Waals surface area contributed by atoms with Crippen LogP contribution in [0.1, 0.15) is 335 Å². The van der Waals surface area contributed by atoms with Gasteiger partial charge in [0.25, 0.3) is 0 Å². The molecule has 0 saturated carbocycles. The van der Waals surface area contributed by atoms with Crippen molar-refractivity contribution in [1.82, 2.24) is 0 Å². The monoisotopic (exact) mass is 1110 g/mol. The van der Waals surface area contributed by atoms with Crippen molar-refractivity contribution in [2.45, 2.75) is 341 Å². The van der Waals surface area contributed by atoms with E-state index in [4.69, 9.17) is 14.2 Å². The Kier molecular flexibility index (Phi) is 64.7. The molecule has 6 heteroatoms. The first-order chi connectivity index (χ1) is 39.5. The molecule has 0 heterocycles. The molecule has 0 saturated heterocycles. The molecular weight excluding hydrogens is 985 g/mol. The van der Waals surface area contributed by atoms with Gasteiger partial charge in [0.15, 0.2) is 6.10 Å². The molecule has 0 bridgehead atoms. The molecule has 0 amide bonds. The van der Waals surface area contributed by atoms with Crippen molar-refractivity contribution >= 4 is 17.9 Å². The molecule has 0 aliphatic rings. The Morgan fingerprint density at radius 3 is 0.812 bits per heavy atom. The minimum Gasteiger partial charge on any atom is -0.462 e. The van der Waals surface area contributed by atoms with Crippen molar-refractivity contribution in [3.8, 4) is 0 Å². The summed E-state index contributed by atoms with van der Waals surface area (Å²) in [5.41, 5.74) is 0. The van der Waals surface area contributed by atoms with E-state index in [2.05, 4.69) is 118 Å². The number of esters is 3. The van der Waals surface area contributed by atoms with Gasteiger partial charge in [-0.05, 0) is 96.3 Å². The fourth-order valence-corrected chi connectivity index (χ4v) is 9.72. The van der Waals surface area contributed by atoms with Crippen LogP contribution in [-0.4, -0.2) is 37.2 Å². The summed E-state index contributed by atoms with van der Waals surface area (Å²) in [6.07, 6.45) is 92.1. The number of carbonyl (C=O) groups excluding carboxylic acids is 3. The van der Waals surface area contributed by atoms with Crippen molar-refractivity contribution < 1.29 is 28.6 Å². The number of hydrogen-bond acceptors (Lipinski definition) is 6. The molecule has 0 rings (SSSR count). The zero-order valence-electron chi connectivity index (χ0n) is 52.8. The number of carbonyl (C=O) groups is 3. The first-order valence-corrected chi connectivity index (χ1v) is 34.2. The highest BCUT2D eigenvalue weighted by molar-refractivity contribution is 5.71. The van der Waals surface area contributed by atoms with Gasteiger partial charge >= 0.3 is 17.9 Å². The molecule has 0 radical (unpaired) electrons. The maximum atomic E-state index is 12.8. The smallest absolute Gasteiger partial charge is 0.306 e. The molecule has 0 aliphatic heterocycles. The van der Waals surface area contributed by atoms with E-state index < -0.39 is 6.10 Å². The van der Waals surface area contributed by atoms with Crippen LogP contribution in [0.5, 0.6) is 0 Å². The van der Waals surface area contributed by atoms with Gasteiger partial charge in [0.1, 0.15) is 13.2 Å². The zero-order chi connectivity index (χ0) is 57.8. The lowest BCUT2D eigenvalue weighted by Gasteiger charge is -2.18. The van der Waals surface area contributed by atoms with Crippen LogP contribution < -0.4 is 0 Å². The summed E-state index contributed by atoms with van der Waals surface area (Å²) in [5.74, 6) is -0.959. The van der Waals surface area contributed by atoms with Gasteiger partial charge in [0.2, 0.25) is 0 Å². The third kappa shape index (κ3) is 65.1. The number of ether oxygens (including phenoxy) is 3. The molecule has 1 atom stereocenters. The quantitative estimate of drug-likeness (QED) is 0.0261. The first kappa shape index (κ1) is 76.3. The largest absolute Gasteiger partial charge is 0.462 e. The molecule has 0 aromatic rings. The Bertz CT molecular complexity index is 1560. The third-order valence-electron chi connectivity index (χ3n) is 14.8. The lowest BCUT2D eigenvalue weighted by atomic mass is 10.0. The molecule has 1 unspecified atom stereocenters. The van der Waals surface area contributed by atoms with E-state index in [0.717, 1.165) is 89.9 Å². The summed E-state index contributed by atoms with van der Waals surface area (Å²) >= 11 is 0. The van der Waals surface area contributed by atoms with Crippen LogP contribution in [-0.2, 0) is 28.6 Å². The van der Waals surface area contributed by atoms with Gasteiger partial charge in [0, 0.05) is 19.3 Å². The Morgan fingerprint density at radius 1 is 0.263 bits per heavy atom. The molecule has 460 valence electrons. The van der Waals surface area contributed by atoms with E-state index in [1.807, 2.05) is 0 Å². The number of unbranched alkanes of at least 4 members (excludes halogenated alkanes) is 35. The van der Waals surface area contributed by atoms with Crippen LogP contribution >= 0.6 is 0 Å². The topological polar surface area (TPSA) is 78.9 Å². The highest BCUT2D eigenvalue weighted by Crippen LogP contribution is 2.17.